The smallest absolute Gasteiger partial charge is 0.348 e. The van der Waals surface area contributed by atoms with Gasteiger partial charge in [-0.1, -0.05) is 20.8 Å². The minimum absolute atomic E-state index is 0.0726. The lowest BCUT2D eigenvalue weighted by atomic mass is 9.64. The third kappa shape index (κ3) is 4.35. The van der Waals surface area contributed by atoms with Crippen molar-refractivity contribution in [2.75, 3.05) is 18.5 Å². The number of carbonyl (C=O) groups excluding carboxylic acids is 4. The van der Waals surface area contributed by atoms with Gasteiger partial charge in [0.1, 0.15) is 17.0 Å². The van der Waals surface area contributed by atoms with Gasteiger partial charge >= 0.3 is 12.0 Å². The molecular formula is C21H29N3O5S. The molecule has 4 amide bonds. The Labute approximate surface area is 180 Å². The van der Waals surface area contributed by atoms with E-state index in [1.54, 1.807) is 19.9 Å². The van der Waals surface area contributed by atoms with Gasteiger partial charge in [0.25, 0.3) is 5.91 Å². The van der Waals surface area contributed by atoms with E-state index < -0.39 is 23.4 Å². The summed E-state index contributed by atoms with van der Waals surface area (Å²) < 4.78 is 5.00. The fourth-order valence-electron chi connectivity index (χ4n) is 4.91. The number of thiophene rings is 1. The summed E-state index contributed by atoms with van der Waals surface area (Å²) >= 11 is 1.11. The van der Waals surface area contributed by atoms with Crippen LogP contribution in [0.4, 0.5) is 9.80 Å². The van der Waals surface area contributed by atoms with E-state index >= 15 is 0 Å². The van der Waals surface area contributed by atoms with Crippen LogP contribution in [-0.4, -0.2) is 47.4 Å². The second kappa shape index (κ2) is 8.02. The van der Waals surface area contributed by atoms with Crippen LogP contribution in [0.1, 0.15) is 62.2 Å². The second-order valence-corrected chi connectivity index (χ2v) is 10.2. The van der Waals surface area contributed by atoms with Crippen LogP contribution in [0, 0.1) is 18.3 Å². The number of amides is 4. The van der Waals surface area contributed by atoms with E-state index in [-0.39, 0.29) is 24.5 Å². The first-order chi connectivity index (χ1) is 14.0. The maximum Gasteiger partial charge on any atom is 0.348 e. The predicted molar refractivity (Wildman–Crippen MR) is 113 cm³/mol. The van der Waals surface area contributed by atoms with Crippen molar-refractivity contribution in [3.63, 3.8) is 0 Å². The number of nitrogens with zero attached hydrogens (tertiary/aromatic N) is 1. The SMILES string of the molecule is CCOC(=O)c1sc(NC(=O)CN2C(=O)N[C@@]3(C[C@H](C)CC(C)(C)C3)C2=O)cc1C. The highest BCUT2D eigenvalue weighted by molar-refractivity contribution is 7.18. The normalized spacial score (nSPS) is 25.4. The second-order valence-electron chi connectivity index (χ2n) is 9.15. The zero-order chi connectivity index (χ0) is 22.3. The average Bonchev–Trinajstić information content (AvgIpc) is 3.06. The molecule has 2 fully saturated rings. The number of hydrogen-bond acceptors (Lipinski definition) is 6. The molecule has 164 valence electrons. The Morgan fingerprint density at radius 3 is 2.67 bits per heavy atom. The summed E-state index contributed by atoms with van der Waals surface area (Å²) in [4.78, 5) is 51.6. The summed E-state index contributed by atoms with van der Waals surface area (Å²) in [6.07, 6.45) is 2.12. The molecule has 1 aliphatic carbocycles. The van der Waals surface area contributed by atoms with E-state index in [0.717, 1.165) is 22.7 Å². The molecule has 1 aromatic rings. The van der Waals surface area contributed by atoms with Gasteiger partial charge in [-0.05, 0) is 56.1 Å². The van der Waals surface area contributed by atoms with E-state index in [9.17, 15) is 19.2 Å². The molecule has 1 aromatic heterocycles. The average molecular weight is 436 g/mol. The molecule has 1 spiro atoms. The minimum Gasteiger partial charge on any atom is -0.462 e. The van der Waals surface area contributed by atoms with Gasteiger partial charge in [0.15, 0.2) is 0 Å². The number of nitrogens with one attached hydrogen (secondary N) is 2. The number of anilines is 1. The number of hydrogen-bond donors (Lipinski definition) is 2. The van der Waals surface area contributed by atoms with Crippen LogP contribution in [0.25, 0.3) is 0 Å². The lowest BCUT2D eigenvalue weighted by Crippen LogP contribution is -2.54. The van der Waals surface area contributed by atoms with Gasteiger partial charge in [-0.15, -0.1) is 11.3 Å². The maximum absolute atomic E-state index is 13.1. The van der Waals surface area contributed by atoms with E-state index in [4.69, 9.17) is 4.74 Å². The van der Waals surface area contributed by atoms with Gasteiger partial charge in [0, 0.05) is 0 Å². The van der Waals surface area contributed by atoms with Crippen molar-refractivity contribution in [2.45, 2.75) is 59.4 Å². The molecule has 0 unspecified atom stereocenters. The molecule has 2 atom stereocenters. The van der Waals surface area contributed by atoms with Gasteiger partial charge in [-0.2, -0.15) is 0 Å². The number of ether oxygens (including phenoxy) is 1. The Morgan fingerprint density at radius 1 is 1.33 bits per heavy atom. The molecule has 0 bridgehead atoms. The predicted octanol–water partition coefficient (Wildman–Crippen LogP) is 3.31. The highest BCUT2D eigenvalue weighted by Crippen LogP contribution is 2.46. The molecule has 30 heavy (non-hydrogen) atoms. The first-order valence-electron chi connectivity index (χ1n) is 10.2. The lowest BCUT2D eigenvalue weighted by molar-refractivity contribution is -0.136. The Bertz CT molecular complexity index is 893. The number of rotatable bonds is 5. The zero-order valence-corrected chi connectivity index (χ0v) is 18.9. The van der Waals surface area contributed by atoms with Crippen LogP contribution in [0.5, 0.6) is 0 Å². The third-order valence-electron chi connectivity index (χ3n) is 5.57. The first kappa shape index (κ1) is 22.3. The molecule has 3 rings (SSSR count). The Kier molecular flexibility index (Phi) is 5.95. The van der Waals surface area contributed by atoms with Crippen molar-refractivity contribution < 1.29 is 23.9 Å². The van der Waals surface area contributed by atoms with E-state index in [0.29, 0.717) is 34.2 Å². The van der Waals surface area contributed by atoms with Crippen LogP contribution in [0.2, 0.25) is 0 Å². The molecule has 9 heteroatoms. The van der Waals surface area contributed by atoms with Crippen molar-refractivity contribution in [3.8, 4) is 0 Å². The van der Waals surface area contributed by atoms with Crippen molar-refractivity contribution in [3.05, 3.63) is 16.5 Å². The van der Waals surface area contributed by atoms with Crippen LogP contribution < -0.4 is 10.6 Å². The number of aryl methyl sites for hydroxylation is 1. The summed E-state index contributed by atoms with van der Waals surface area (Å²) in [5, 5.41) is 6.02. The van der Waals surface area contributed by atoms with Crippen molar-refractivity contribution in [1.82, 2.24) is 10.2 Å². The molecule has 0 radical (unpaired) electrons. The molecule has 0 aromatic carbocycles. The fraction of sp³-hybridized carbons (Fsp3) is 0.619. The Morgan fingerprint density at radius 2 is 2.03 bits per heavy atom. The Hall–Kier alpha value is -2.42. The van der Waals surface area contributed by atoms with Crippen molar-refractivity contribution in [1.29, 1.82) is 0 Å². The maximum atomic E-state index is 13.1. The van der Waals surface area contributed by atoms with Crippen LogP contribution in [0.3, 0.4) is 0 Å². The fourth-order valence-corrected chi connectivity index (χ4v) is 5.90. The van der Waals surface area contributed by atoms with Crippen molar-refractivity contribution in [2.24, 2.45) is 11.3 Å². The molecule has 1 aliphatic heterocycles. The summed E-state index contributed by atoms with van der Waals surface area (Å²) in [6, 6.07) is 1.14. The number of imide groups is 1. The van der Waals surface area contributed by atoms with Crippen molar-refractivity contribution >= 4 is 40.2 Å². The summed E-state index contributed by atoms with van der Waals surface area (Å²) in [5.41, 5.74) is -0.312. The van der Waals surface area contributed by atoms with Crippen LogP contribution in [-0.2, 0) is 14.3 Å². The standard InChI is InChI=1S/C21H29N3O5S/c1-6-29-17(26)16-13(3)7-15(30-16)22-14(25)10-24-18(27)21(23-19(24)28)9-12(2)8-20(4,5)11-21/h7,12H,6,8-11H2,1-5H3,(H,22,25)(H,23,28)/t12-,21-/m1/s1. The largest absolute Gasteiger partial charge is 0.462 e. The van der Waals surface area contributed by atoms with E-state index in [2.05, 4.69) is 31.4 Å². The highest BCUT2D eigenvalue weighted by atomic mass is 32.1. The number of carbonyl (C=O) groups is 4. The van der Waals surface area contributed by atoms with E-state index in [1.165, 1.54) is 0 Å². The molecule has 1 saturated heterocycles. The highest BCUT2D eigenvalue weighted by Gasteiger charge is 2.56. The topological polar surface area (TPSA) is 105 Å². The van der Waals surface area contributed by atoms with Gasteiger partial charge in [0.05, 0.1) is 11.6 Å². The van der Waals surface area contributed by atoms with Gasteiger partial charge in [0.2, 0.25) is 5.91 Å². The third-order valence-corrected chi connectivity index (χ3v) is 6.70. The monoisotopic (exact) mass is 435 g/mol. The summed E-state index contributed by atoms with van der Waals surface area (Å²) in [6.45, 7) is 9.65. The van der Waals surface area contributed by atoms with E-state index in [1.807, 2.05) is 0 Å². The summed E-state index contributed by atoms with van der Waals surface area (Å²) in [5.74, 6) is -0.972. The molecule has 8 nitrogen and oxygen atoms in total. The Balaban J connectivity index is 1.69. The van der Waals surface area contributed by atoms with Gasteiger partial charge in [-0.3, -0.25) is 14.5 Å². The minimum atomic E-state index is -0.935. The van der Waals surface area contributed by atoms with Gasteiger partial charge in [-0.25, -0.2) is 9.59 Å². The van der Waals surface area contributed by atoms with Crippen LogP contribution >= 0.6 is 11.3 Å². The molecule has 1 saturated carbocycles. The number of urea groups is 1. The quantitative estimate of drug-likeness (QED) is 0.545. The molecule has 2 aliphatic rings. The molecular weight excluding hydrogens is 406 g/mol. The number of esters is 1. The molecule has 2 heterocycles. The zero-order valence-electron chi connectivity index (χ0n) is 18.1. The molecule has 2 N–H and O–H groups in total. The van der Waals surface area contributed by atoms with Gasteiger partial charge < -0.3 is 15.4 Å². The first-order valence-corrected chi connectivity index (χ1v) is 11.0. The summed E-state index contributed by atoms with van der Waals surface area (Å²) in [7, 11) is 0. The lowest BCUT2D eigenvalue weighted by Gasteiger charge is -2.43. The van der Waals surface area contributed by atoms with Crippen LogP contribution in [0.15, 0.2) is 6.07 Å².